The van der Waals surface area contributed by atoms with E-state index in [9.17, 15) is 14.4 Å². The van der Waals surface area contributed by atoms with Crippen molar-refractivity contribution in [2.75, 3.05) is 13.1 Å². The molecule has 3 N–H and O–H groups in total. The van der Waals surface area contributed by atoms with Gasteiger partial charge in [-0.2, -0.15) is 0 Å². The quantitative estimate of drug-likeness (QED) is 0.478. The van der Waals surface area contributed by atoms with Crippen LogP contribution in [-0.2, 0) is 9.59 Å². The molecule has 1 atom stereocenters. The third kappa shape index (κ3) is 1.14. The average Bonchev–Trinajstić information content (AvgIpc) is 2.59. The monoisotopic (exact) mass is 197 g/mol. The molecule has 2 rings (SSSR count). The molecule has 76 valence electrons. The number of primary amides is 1. The molecule has 2 aliphatic heterocycles. The number of nitrogens with two attached hydrogens (primary N) is 1. The third-order valence-electron chi connectivity index (χ3n) is 2.90. The number of hydrogen-bond acceptors (Lipinski definition) is 3. The Morgan fingerprint density at radius 1 is 1.50 bits per heavy atom. The van der Waals surface area contributed by atoms with Gasteiger partial charge >= 0.3 is 6.03 Å². The Morgan fingerprint density at radius 2 is 2.21 bits per heavy atom. The molecule has 0 bridgehead atoms. The van der Waals surface area contributed by atoms with Gasteiger partial charge in [0.05, 0.1) is 5.41 Å². The third-order valence-corrected chi connectivity index (χ3v) is 2.90. The van der Waals surface area contributed by atoms with Crippen LogP contribution in [0.25, 0.3) is 0 Å². The summed E-state index contributed by atoms with van der Waals surface area (Å²) in [5, 5.41) is 2.25. The van der Waals surface area contributed by atoms with Gasteiger partial charge in [-0.15, -0.1) is 0 Å². The van der Waals surface area contributed by atoms with Crippen molar-refractivity contribution in [3.63, 3.8) is 0 Å². The molecule has 1 spiro atoms. The second kappa shape index (κ2) is 2.70. The van der Waals surface area contributed by atoms with Crippen LogP contribution < -0.4 is 11.1 Å². The zero-order valence-corrected chi connectivity index (χ0v) is 7.58. The van der Waals surface area contributed by atoms with E-state index in [1.807, 2.05) is 0 Å². The fourth-order valence-electron chi connectivity index (χ4n) is 2.08. The molecule has 2 fully saturated rings. The molecular weight excluding hydrogens is 186 g/mol. The van der Waals surface area contributed by atoms with Crippen molar-refractivity contribution in [1.29, 1.82) is 0 Å². The minimum atomic E-state index is -0.702. The van der Waals surface area contributed by atoms with Gasteiger partial charge in [-0.05, 0) is 6.42 Å². The SMILES string of the molecule is NC(=O)N1CCC2(CC(=O)NC2=O)C1. The van der Waals surface area contributed by atoms with Crippen LogP contribution in [0.15, 0.2) is 0 Å². The fourth-order valence-corrected chi connectivity index (χ4v) is 2.08. The summed E-state index contributed by atoms with van der Waals surface area (Å²) in [5.74, 6) is -0.535. The predicted octanol–water partition coefficient (Wildman–Crippen LogP) is -1.20. The number of nitrogens with zero attached hydrogens (tertiary/aromatic N) is 1. The summed E-state index contributed by atoms with van der Waals surface area (Å²) in [5.41, 5.74) is 4.40. The molecule has 0 radical (unpaired) electrons. The summed E-state index contributed by atoms with van der Waals surface area (Å²) >= 11 is 0. The Labute approximate surface area is 80.4 Å². The normalized spacial score (nSPS) is 31.3. The molecule has 2 saturated heterocycles. The zero-order valence-electron chi connectivity index (χ0n) is 7.58. The van der Waals surface area contributed by atoms with Gasteiger partial charge in [0.15, 0.2) is 0 Å². The number of rotatable bonds is 0. The summed E-state index contributed by atoms with van der Waals surface area (Å²) in [4.78, 5) is 34.8. The van der Waals surface area contributed by atoms with Crippen LogP contribution in [0, 0.1) is 5.41 Å². The summed E-state index contributed by atoms with van der Waals surface area (Å²) in [7, 11) is 0. The fraction of sp³-hybridized carbons (Fsp3) is 0.625. The van der Waals surface area contributed by atoms with Crippen molar-refractivity contribution in [2.24, 2.45) is 11.1 Å². The zero-order chi connectivity index (χ0) is 10.3. The Bertz CT molecular complexity index is 328. The van der Waals surface area contributed by atoms with Crippen LogP contribution in [0.5, 0.6) is 0 Å². The lowest BCUT2D eigenvalue weighted by Gasteiger charge is -2.18. The summed E-state index contributed by atoms with van der Waals surface area (Å²) in [6.45, 7) is 0.718. The van der Waals surface area contributed by atoms with E-state index in [4.69, 9.17) is 5.73 Å². The minimum Gasteiger partial charge on any atom is -0.351 e. The lowest BCUT2D eigenvalue weighted by molar-refractivity contribution is -0.128. The van der Waals surface area contributed by atoms with E-state index in [-0.39, 0.29) is 24.8 Å². The van der Waals surface area contributed by atoms with Gasteiger partial charge < -0.3 is 10.6 Å². The first-order valence-corrected chi connectivity index (χ1v) is 4.42. The van der Waals surface area contributed by atoms with Crippen LogP contribution in [0.4, 0.5) is 4.79 Å². The molecule has 0 aromatic rings. The molecule has 6 heteroatoms. The predicted molar refractivity (Wildman–Crippen MR) is 46.0 cm³/mol. The Balaban J connectivity index is 2.17. The molecule has 14 heavy (non-hydrogen) atoms. The van der Waals surface area contributed by atoms with Crippen LogP contribution in [0.3, 0.4) is 0 Å². The van der Waals surface area contributed by atoms with Crippen LogP contribution >= 0.6 is 0 Å². The second-order valence-electron chi connectivity index (χ2n) is 3.84. The van der Waals surface area contributed by atoms with Gasteiger partial charge in [-0.1, -0.05) is 0 Å². The van der Waals surface area contributed by atoms with Gasteiger partial charge in [0.25, 0.3) is 0 Å². The largest absolute Gasteiger partial charge is 0.351 e. The maximum absolute atomic E-state index is 11.5. The molecule has 6 nitrogen and oxygen atoms in total. The van der Waals surface area contributed by atoms with E-state index in [0.717, 1.165) is 0 Å². The van der Waals surface area contributed by atoms with Crippen LogP contribution in [-0.4, -0.2) is 35.8 Å². The number of imide groups is 1. The summed E-state index contributed by atoms with van der Waals surface area (Å²) < 4.78 is 0. The van der Waals surface area contributed by atoms with Crippen molar-refractivity contribution in [1.82, 2.24) is 10.2 Å². The Hall–Kier alpha value is -1.59. The van der Waals surface area contributed by atoms with E-state index in [1.54, 1.807) is 0 Å². The first-order chi connectivity index (χ1) is 6.53. The van der Waals surface area contributed by atoms with Crippen molar-refractivity contribution in [3.8, 4) is 0 Å². The molecule has 0 aliphatic carbocycles. The highest BCUT2D eigenvalue weighted by atomic mass is 16.2. The van der Waals surface area contributed by atoms with Crippen LogP contribution in [0.1, 0.15) is 12.8 Å². The lowest BCUT2D eigenvalue weighted by atomic mass is 9.85. The van der Waals surface area contributed by atoms with Gasteiger partial charge in [-0.3, -0.25) is 14.9 Å². The number of likely N-dealkylation sites (tertiary alicyclic amines) is 1. The summed E-state index contributed by atoms with van der Waals surface area (Å²) in [6, 6.07) is -0.533. The van der Waals surface area contributed by atoms with Gasteiger partial charge in [0.1, 0.15) is 0 Å². The maximum atomic E-state index is 11.5. The highest BCUT2D eigenvalue weighted by molar-refractivity contribution is 6.06. The Kier molecular flexibility index (Phi) is 1.73. The first-order valence-electron chi connectivity index (χ1n) is 4.42. The van der Waals surface area contributed by atoms with E-state index < -0.39 is 11.4 Å². The van der Waals surface area contributed by atoms with Crippen molar-refractivity contribution in [2.45, 2.75) is 12.8 Å². The molecule has 0 aromatic carbocycles. The van der Waals surface area contributed by atoms with Crippen LogP contribution in [0.2, 0.25) is 0 Å². The van der Waals surface area contributed by atoms with Gasteiger partial charge in [-0.25, -0.2) is 4.79 Å². The molecule has 0 aromatic heterocycles. The van der Waals surface area contributed by atoms with E-state index in [0.29, 0.717) is 13.0 Å². The van der Waals surface area contributed by atoms with Crippen molar-refractivity contribution < 1.29 is 14.4 Å². The smallest absolute Gasteiger partial charge is 0.314 e. The molecule has 2 heterocycles. The highest BCUT2D eigenvalue weighted by Crippen LogP contribution is 2.37. The van der Waals surface area contributed by atoms with Crippen molar-refractivity contribution in [3.05, 3.63) is 0 Å². The number of urea groups is 1. The molecular formula is C8H11N3O3. The average molecular weight is 197 g/mol. The molecule has 0 saturated carbocycles. The maximum Gasteiger partial charge on any atom is 0.314 e. The lowest BCUT2D eigenvalue weighted by Crippen LogP contribution is -2.38. The highest BCUT2D eigenvalue weighted by Gasteiger charge is 2.51. The first kappa shape index (κ1) is 8.98. The second-order valence-corrected chi connectivity index (χ2v) is 3.84. The number of amides is 4. The number of carbonyl (C=O) groups excluding carboxylic acids is 3. The minimum absolute atomic E-state index is 0.176. The van der Waals surface area contributed by atoms with Gasteiger partial charge in [0.2, 0.25) is 11.8 Å². The van der Waals surface area contributed by atoms with Crippen molar-refractivity contribution >= 4 is 17.8 Å². The Morgan fingerprint density at radius 3 is 2.64 bits per heavy atom. The molecule has 4 amide bonds. The topological polar surface area (TPSA) is 92.5 Å². The van der Waals surface area contributed by atoms with E-state index >= 15 is 0 Å². The van der Waals surface area contributed by atoms with E-state index in [2.05, 4.69) is 5.32 Å². The molecule has 1 unspecified atom stereocenters. The van der Waals surface area contributed by atoms with E-state index in [1.165, 1.54) is 4.90 Å². The number of carbonyl (C=O) groups is 3. The van der Waals surface area contributed by atoms with Gasteiger partial charge in [0, 0.05) is 19.5 Å². The summed E-state index contributed by atoms with van der Waals surface area (Å²) in [6.07, 6.45) is 0.698. The standard InChI is InChI=1S/C8H11N3O3/c9-7(14)11-2-1-8(4-11)3-5(12)10-6(8)13/h1-4H2,(H2,9,14)(H,10,12,13). The number of hydrogen-bond donors (Lipinski definition) is 2. The molecule has 2 aliphatic rings. The number of nitrogens with one attached hydrogen (secondary N) is 1.